The van der Waals surface area contributed by atoms with Crippen molar-refractivity contribution in [2.45, 2.75) is 79.1 Å². The molecule has 0 N–H and O–H groups in total. The molecule has 9 aromatic rings. The summed E-state index contributed by atoms with van der Waals surface area (Å²) in [6.07, 6.45) is 0. The minimum atomic E-state index is -0.00616. The van der Waals surface area contributed by atoms with E-state index in [1.807, 2.05) is 0 Å². The Hall–Kier alpha value is -6.13. The molecule has 0 fully saturated rings. The van der Waals surface area contributed by atoms with Gasteiger partial charge in [0.2, 0.25) is 0 Å². The van der Waals surface area contributed by atoms with Gasteiger partial charge in [-0.15, -0.1) is 0 Å². The van der Waals surface area contributed by atoms with Crippen molar-refractivity contribution in [3.05, 3.63) is 131 Å². The third-order valence-electron chi connectivity index (χ3n) is 14.5. The molecular formula is C54H46B2N2O2. The number of hydrogen-bond acceptors (Lipinski definition) is 2. The molecule has 0 saturated heterocycles. The molecule has 0 aliphatic carbocycles. The summed E-state index contributed by atoms with van der Waals surface area (Å²) in [7, 11) is 0. The first-order chi connectivity index (χ1) is 29.1. The smallest absolute Gasteiger partial charge is 0.256 e. The van der Waals surface area contributed by atoms with E-state index in [4.69, 9.17) is 9.47 Å². The van der Waals surface area contributed by atoms with Gasteiger partial charge in [-0.1, -0.05) is 122 Å². The Morgan fingerprint density at radius 1 is 0.417 bits per heavy atom. The highest BCUT2D eigenvalue weighted by molar-refractivity contribution is 7.02. The largest absolute Gasteiger partial charge is 0.458 e. The number of rotatable bonds is 4. The van der Waals surface area contributed by atoms with Gasteiger partial charge in [-0.3, -0.25) is 0 Å². The molecule has 7 aromatic carbocycles. The third-order valence-corrected chi connectivity index (χ3v) is 14.5. The maximum Gasteiger partial charge on any atom is 0.256 e. The van der Waals surface area contributed by atoms with Crippen LogP contribution in [0.1, 0.15) is 101 Å². The van der Waals surface area contributed by atoms with Gasteiger partial charge in [0.05, 0.1) is 22.1 Å². The molecule has 0 amide bonds. The van der Waals surface area contributed by atoms with Crippen LogP contribution in [0.5, 0.6) is 23.0 Å². The van der Waals surface area contributed by atoms with Crippen LogP contribution in [0.2, 0.25) is 0 Å². The fourth-order valence-corrected chi connectivity index (χ4v) is 11.7. The van der Waals surface area contributed by atoms with E-state index in [1.165, 1.54) is 110 Å². The van der Waals surface area contributed by atoms with E-state index in [-0.39, 0.29) is 13.4 Å². The summed E-state index contributed by atoms with van der Waals surface area (Å²) in [5.74, 6) is 5.13. The van der Waals surface area contributed by atoms with Gasteiger partial charge in [0.15, 0.2) is 0 Å². The Morgan fingerprint density at radius 2 is 0.850 bits per heavy atom. The molecule has 0 saturated carbocycles. The molecule has 4 aliphatic rings. The number of ether oxygens (including phenoxy) is 2. The lowest BCUT2D eigenvalue weighted by Gasteiger charge is -2.37. The maximum atomic E-state index is 7.23. The molecule has 0 atom stereocenters. The molecule has 0 spiro atoms. The number of hydrogen-bond donors (Lipinski definition) is 0. The summed E-state index contributed by atoms with van der Waals surface area (Å²) < 4.78 is 19.6. The van der Waals surface area contributed by atoms with E-state index in [1.54, 1.807) is 0 Å². The van der Waals surface area contributed by atoms with Gasteiger partial charge in [-0.25, -0.2) is 0 Å². The SMILES string of the molecule is CC(C)c1ccc2c(c1)-n1c3ccccc3c3c(C(C)C)cc4c(c31)B2c1cc2c(cc1O4)Oc1cc(C(C)C)c3c4ccccc4n4c3c1B2c1ccc(C(C)C)cc1-4. The van der Waals surface area contributed by atoms with Gasteiger partial charge in [0.25, 0.3) is 13.4 Å². The quantitative estimate of drug-likeness (QED) is 0.167. The Labute approximate surface area is 351 Å². The van der Waals surface area contributed by atoms with E-state index in [0.29, 0.717) is 23.7 Å². The average Bonchev–Trinajstić information content (AvgIpc) is 3.78. The van der Waals surface area contributed by atoms with E-state index in [2.05, 4.69) is 174 Å². The topological polar surface area (TPSA) is 28.3 Å². The predicted molar refractivity (Wildman–Crippen MR) is 254 cm³/mol. The normalized spacial score (nSPS) is 14.1. The number of para-hydroxylation sites is 2. The van der Waals surface area contributed by atoms with Gasteiger partial charge in [0, 0.05) is 39.0 Å². The van der Waals surface area contributed by atoms with Crippen LogP contribution in [0, 0.1) is 0 Å². The van der Waals surface area contributed by atoms with Crippen LogP contribution < -0.4 is 42.3 Å². The maximum absolute atomic E-state index is 7.23. The van der Waals surface area contributed by atoms with E-state index < -0.39 is 0 Å². The zero-order valence-electron chi connectivity index (χ0n) is 35.6. The lowest BCUT2D eigenvalue weighted by atomic mass is 9.31. The van der Waals surface area contributed by atoms with Crippen LogP contribution in [0.3, 0.4) is 0 Å². The van der Waals surface area contributed by atoms with Crippen molar-refractivity contribution in [3.63, 3.8) is 0 Å². The molecule has 0 bridgehead atoms. The van der Waals surface area contributed by atoms with Gasteiger partial charge >= 0.3 is 0 Å². The van der Waals surface area contributed by atoms with Crippen molar-refractivity contribution < 1.29 is 9.47 Å². The summed E-state index contributed by atoms with van der Waals surface area (Å²) in [5, 5.41) is 5.32. The van der Waals surface area contributed by atoms with Crippen molar-refractivity contribution in [1.82, 2.24) is 9.13 Å². The zero-order valence-corrected chi connectivity index (χ0v) is 35.6. The van der Waals surface area contributed by atoms with Crippen molar-refractivity contribution >= 4 is 89.8 Å². The number of aromatic nitrogens is 2. The molecule has 13 rings (SSSR count). The summed E-state index contributed by atoms with van der Waals surface area (Å²) in [5.41, 5.74) is 20.6. The number of benzene rings is 7. The molecule has 4 aliphatic heterocycles. The lowest BCUT2D eigenvalue weighted by Crippen LogP contribution is -2.62. The Kier molecular flexibility index (Phi) is 6.82. The molecular weight excluding hydrogens is 730 g/mol. The molecule has 6 heteroatoms. The van der Waals surface area contributed by atoms with E-state index in [0.717, 1.165) is 23.0 Å². The van der Waals surface area contributed by atoms with Crippen LogP contribution in [0.25, 0.3) is 55.0 Å². The average molecular weight is 777 g/mol. The third kappa shape index (κ3) is 4.24. The fourth-order valence-electron chi connectivity index (χ4n) is 11.7. The van der Waals surface area contributed by atoms with E-state index in [9.17, 15) is 0 Å². The van der Waals surface area contributed by atoms with Gasteiger partial charge < -0.3 is 18.6 Å². The summed E-state index contributed by atoms with van der Waals surface area (Å²) in [6.45, 7) is 18.5. The van der Waals surface area contributed by atoms with Crippen molar-refractivity contribution in [2.75, 3.05) is 0 Å². The highest BCUT2D eigenvalue weighted by atomic mass is 16.5. The van der Waals surface area contributed by atoms with Crippen LogP contribution in [0.4, 0.5) is 0 Å². The van der Waals surface area contributed by atoms with Crippen LogP contribution in [-0.4, -0.2) is 22.6 Å². The highest BCUT2D eigenvalue weighted by Gasteiger charge is 2.46. The first-order valence-electron chi connectivity index (χ1n) is 22.1. The second kappa shape index (κ2) is 11.8. The minimum Gasteiger partial charge on any atom is -0.458 e. The van der Waals surface area contributed by atoms with Crippen molar-refractivity contribution in [3.8, 4) is 34.4 Å². The Morgan fingerprint density at radius 3 is 1.27 bits per heavy atom. The molecule has 0 unspecified atom stereocenters. The molecule has 6 heterocycles. The van der Waals surface area contributed by atoms with Crippen LogP contribution in [-0.2, 0) is 0 Å². The number of fused-ring (bicyclic) bond motifs is 16. The van der Waals surface area contributed by atoms with E-state index >= 15 is 0 Å². The van der Waals surface area contributed by atoms with Gasteiger partial charge in [-0.05, 0) is 115 Å². The van der Waals surface area contributed by atoms with Crippen molar-refractivity contribution in [2.24, 2.45) is 0 Å². The van der Waals surface area contributed by atoms with Crippen LogP contribution in [0.15, 0.2) is 109 Å². The predicted octanol–water partition coefficient (Wildman–Crippen LogP) is 10.2. The van der Waals surface area contributed by atoms with Crippen molar-refractivity contribution in [1.29, 1.82) is 0 Å². The molecule has 60 heavy (non-hydrogen) atoms. The second-order valence-corrected chi connectivity index (χ2v) is 19.2. The van der Waals surface area contributed by atoms with Gasteiger partial charge in [0.1, 0.15) is 23.0 Å². The second-order valence-electron chi connectivity index (χ2n) is 19.2. The molecule has 4 nitrogen and oxygen atoms in total. The zero-order chi connectivity index (χ0) is 40.6. The standard InChI is InChI=1S/C54H46B2N2O2/c1-27(2)31-17-19-37-43(21-31)57-41-15-11-9-13-33(41)49-35(29(5)6)23-47-51(53(49)57)55(37)39-25-40-46(26-45(39)59-47)60-48-24-36(30(7)8)50-34-14-10-12-16-42(34)58-44-22-32(28(3)4)18-20-38(44)56(40)52(48)54(50)58/h9-30H,1-8H3. The summed E-state index contributed by atoms with van der Waals surface area (Å²) in [6, 6.07) is 41.9. The first-order valence-corrected chi connectivity index (χ1v) is 22.1. The highest BCUT2D eigenvalue weighted by Crippen LogP contribution is 2.46. The lowest BCUT2D eigenvalue weighted by molar-refractivity contribution is 0.465. The van der Waals surface area contributed by atoms with Crippen LogP contribution >= 0.6 is 0 Å². The summed E-state index contributed by atoms with van der Waals surface area (Å²) >= 11 is 0. The molecule has 2 aromatic heterocycles. The number of nitrogens with zero attached hydrogens (tertiary/aromatic N) is 2. The fraction of sp³-hybridized carbons (Fsp3) is 0.222. The molecule has 0 radical (unpaired) electrons. The monoisotopic (exact) mass is 776 g/mol. The Balaban J connectivity index is 1.14. The first kappa shape index (κ1) is 34.7. The van der Waals surface area contributed by atoms with Gasteiger partial charge in [-0.2, -0.15) is 0 Å². The minimum absolute atomic E-state index is 0.00616. The molecule has 290 valence electrons. The summed E-state index contributed by atoms with van der Waals surface area (Å²) in [4.78, 5) is 0. The Bertz CT molecular complexity index is 3200.